The van der Waals surface area contributed by atoms with Gasteiger partial charge in [-0.05, 0) is 0 Å². The highest BCUT2D eigenvalue weighted by atomic mass is 32.2. The van der Waals surface area contributed by atoms with Gasteiger partial charge in [-0.3, -0.25) is 20.2 Å². The van der Waals surface area contributed by atoms with Crippen LogP contribution in [-0.4, -0.2) is 54.2 Å². The molecule has 1 amide bonds. The molecule has 0 aliphatic heterocycles. The van der Waals surface area contributed by atoms with Crippen molar-refractivity contribution in [3.05, 3.63) is 35.9 Å². The molecule has 2 N–H and O–H groups in total. The minimum absolute atomic E-state index is 0.0458. The normalized spacial score (nSPS) is 11.1. The third kappa shape index (κ3) is 7.02. The van der Waals surface area contributed by atoms with Gasteiger partial charge >= 0.3 is 0 Å². The second-order valence-electron chi connectivity index (χ2n) is 5.67. The molecule has 0 radical (unpaired) electrons. The quantitative estimate of drug-likeness (QED) is 0.544. The summed E-state index contributed by atoms with van der Waals surface area (Å²) in [7, 11) is -0.875. The van der Waals surface area contributed by atoms with Gasteiger partial charge in [0.1, 0.15) is 10.7 Å². The first kappa shape index (κ1) is 21.4. The third-order valence-corrected chi connectivity index (χ3v) is 5.49. The van der Waals surface area contributed by atoms with Crippen molar-refractivity contribution in [2.75, 3.05) is 19.8 Å². The Balaban J connectivity index is 2.64. The maximum Gasteiger partial charge on any atom is 0.255 e. The highest BCUT2D eigenvalue weighted by molar-refractivity contribution is 7.90. The van der Waals surface area contributed by atoms with E-state index < -0.39 is 21.7 Å². The Hall–Kier alpha value is -1.62. The summed E-state index contributed by atoms with van der Waals surface area (Å²) >= 11 is 10.4. The minimum Gasteiger partial charge on any atom is -0.287 e. The zero-order valence-corrected chi connectivity index (χ0v) is 17.0. The third-order valence-electron chi connectivity index (χ3n) is 3.04. The highest BCUT2D eigenvalue weighted by Gasteiger charge is 2.21. The number of sulfonamides is 1. The van der Waals surface area contributed by atoms with Crippen molar-refractivity contribution in [1.29, 1.82) is 0 Å². The molecule has 1 rings (SSSR count). The van der Waals surface area contributed by atoms with Crippen LogP contribution in [0.3, 0.4) is 0 Å². The lowest BCUT2D eigenvalue weighted by atomic mass is 10.2. The van der Waals surface area contributed by atoms with Crippen molar-refractivity contribution in [3.63, 3.8) is 0 Å². The summed E-state index contributed by atoms with van der Waals surface area (Å²) in [5, 5.41) is 2.53. The number of carbonyl (C=O) groups excluding carboxylic acids is 1. The summed E-state index contributed by atoms with van der Waals surface area (Å²) < 4.78 is 24.3. The zero-order valence-electron chi connectivity index (χ0n) is 14.5. The number of nitrogens with zero attached hydrogens (tertiary/aromatic N) is 2. The summed E-state index contributed by atoms with van der Waals surface area (Å²) in [4.78, 5) is 15.0. The van der Waals surface area contributed by atoms with Crippen LogP contribution in [0.15, 0.2) is 30.3 Å². The Morgan fingerprint density at radius 1 is 1.12 bits per heavy atom. The number of amides is 1. The Morgan fingerprint density at radius 2 is 1.68 bits per heavy atom. The maximum absolute atomic E-state index is 12.1. The van der Waals surface area contributed by atoms with Gasteiger partial charge in [0.25, 0.3) is 5.91 Å². The Kier molecular flexibility index (Phi) is 7.87. The molecule has 1 aromatic carbocycles. The number of carbonyl (C=O) groups is 1. The summed E-state index contributed by atoms with van der Waals surface area (Å²) in [6, 6.07) is 8.96. The minimum atomic E-state index is -3.92. The Labute approximate surface area is 159 Å². The van der Waals surface area contributed by atoms with Crippen LogP contribution in [0.1, 0.15) is 19.4 Å². The SMILES string of the molecule is CC(C)C(=S)N(C)NC(=O)CS(=O)(=O)NN(C)C(=S)c1ccccc1. The largest absolute Gasteiger partial charge is 0.287 e. The number of nitrogens with one attached hydrogen (secondary N) is 2. The van der Waals surface area contributed by atoms with Crippen LogP contribution in [0, 0.1) is 5.92 Å². The van der Waals surface area contributed by atoms with Crippen LogP contribution < -0.4 is 10.3 Å². The van der Waals surface area contributed by atoms with Crippen LogP contribution in [-0.2, 0) is 14.8 Å². The maximum atomic E-state index is 12.1. The van der Waals surface area contributed by atoms with Crippen molar-refractivity contribution >= 4 is 50.3 Å². The molecule has 0 bridgehead atoms. The van der Waals surface area contributed by atoms with E-state index in [2.05, 4.69) is 10.3 Å². The van der Waals surface area contributed by atoms with E-state index in [1.54, 1.807) is 31.3 Å². The summed E-state index contributed by atoms with van der Waals surface area (Å²) in [6.07, 6.45) is 0. The van der Waals surface area contributed by atoms with E-state index >= 15 is 0 Å². The molecule has 1 aromatic rings. The number of benzene rings is 1. The number of rotatable bonds is 6. The fraction of sp³-hybridized carbons (Fsp3) is 0.400. The lowest BCUT2D eigenvalue weighted by Crippen LogP contribution is -2.50. The van der Waals surface area contributed by atoms with Crippen LogP contribution in [0.4, 0.5) is 0 Å². The lowest BCUT2D eigenvalue weighted by Gasteiger charge is -2.24. The summed E-state index contributed by atoms with van der Waals surface area (Å²) in [5.41, 5.74) is 3.12. The second kappa shape index (κ2) is 9.18. The van der Waals surface area contributed by atoms with Crippen molar-refractivity contribution in [3.8, 4) is 0 Å². The molecular weight excluding hydrogens is 380 g/mol. The lowest BCUT2D eigenvalue weighted by molar-refractivity contribution is -0.121. The van der Waals surface area contributed by atoms with Crippen molar-refractivity contribution < 1.29 is 13.2 Å². The molecule has 0 saturated heterocycles. The second-order valence-corrected chi connectivity index (χ2v) is 8.17. The summed E-state index contributed by atoms with van der Waals surface area (Å²) in [5.74, 6) is -1.40. The molecule has 0 aliphatic rings. The van der Waals surface area contributed by atoms with Crippen molar-refractivity contribution in [2.24, 2.45) is 5.92 Å². The molecule has 0 spiro atoms. The topological polar surface area (TPSA) is 81.8 Å². The molecule has 138 valence electrons. The molecule has 10 heteroatoms. The molecule has 0 unspecified atom stereocenters. The predicted molar refractivity (Wildman–Crippen MR) is 106 cm³/mol. The van der Waals surface area contributed by atoms with Gasteiger partial charge in [0.2, 0.25) is 10.0 Å². The standard InChI is InChI=1S/C15H22N4O3S3/c1-11(2)14(23)18(3)16-13(20)10-25(21,22)17-19(4)15(24)12-8-6-5-7-9-12/h5-9,11,17H,10H2,1-4H3,(H,16,20). The van der Waals surface area contributed by atoms with Crippen molar-refractivity contribution in [2.45, 2.75) is 13.8 Å². The first-order valence-electron chi connectivity index (χ1n) is 7.43. The van der Waals surface area contributed by atoms with Crippen LogP contribution in [0.2, 0.25) is 0 Å². The van der Waals surface area contributed by atoms with Gasteiger partial charge in [0, 0.05) is 25.6 Å². The van der Waals surface area contributed by atoms with Gasteiger partial charge in [-0.25, -0.2) is 8.42 Å². The molecule has 0 heterocycles. The van der Waals surface area contributed by atoms with E-state index in [1.165, 1.54) is 17.1 Å². The predicted octanol–water partition coefficient (Wildman–Crippen LogP) is 1.07. The fourth-order valence-corrected chi connectivity index (χ4v) is 3.16. The smallest absolute Gasteiger partial charge is 0.255 e. The van der Waals surface area contributed by atoms with Gasteiger partial charge in [0.05, 0.1) is 4.99 Å². The Bertz CT molecular complexity index is 736. The van der Waals surface area contributed by atoms with E-state index in [-0.39, 0.29) is 5.92 Å². The number of hydrogen-bond acceptors (Lipinski definition) is 5. The molecule has 25 heavy (non-hydrogen) atoms. The average molecular weight is 403 g/mol. The fourth-order valence-electron chi connectivity index (χ4n) is 1.89. The van der Waals surface area contributed by atoms with E-state index in [0.29, 0.717) is 15.5 Å². The van der Waals surface area contributed by atoms with E-state index in [1.807, 2.05) is 19.9 Å². The van der Waals surface area contributed by atoms with E-state index in [0.717, 1.165) is 0 Å². The number of thiocarbonyl (C=S) groups is 2. The molecular formula is C15H22N4O3S3. The van der Waals surface area contributed by atoms with Crippen LogP contribution >= 0.6 is 24.4 Å². The first-order valence-corrected chi connectivity index (χ1v) is 9.90. The molecule has 0 fully saturated rings. The molecule has 0 atom stereocenters. The van der Waals surface area contributed by atoms with Crippen molar-refractivity contribution in [1.82, 2.24) is 20.3 Å². The highest BCUT2D eigenvalue weighted by Crippen LogP contribution is 2.04. The van der Waals surface area contributed by atoms with E-state index in [4.69, 9.17) is 24.4 Å². The monoisotopic (exact) mass is 402 g/mol. The molecule has 7 nitrogen and oxygen atoms in total. The zero-order chi connectivity index (χ0) is 19.2. The van der Waals surface area contributed by atoms with Gasteiger partial charge in [-0.1, -0.05) is 68.6 Å². The van der Waals surface area contributed by atoms with Gasteiger partial charge in [0.15, 0.2) is 0 Å². The van der Waals surface area contributed by atoms with E-state index in [9.17, 15) is 13.2 Å². The molecule has 0 saturated carbocycles. The van der Waals surface area contributed by atoms with Crippen LogP contribution in [0.25, 0.3) is 0 Å². The Morgan fingerprint density at radius 3 is 2.20 bits per heavy atom. The summed E-state index contributed by atoms with van der Waals surface area (Å²) in [6.45, 7) is 3.76. The van der Waals surface area contributed by atoms with Gasteiger partial charge < -0.3 is 0 Å². The molecule has 0 aliphatic carbocycles. The number of hydrazine groups is 2. The van der Waals surface area contributed by atoms with Gasteiger partial charge in [-0.2, -0.15) is 0 Å². The number of hydrogen-bond donors (Lipinski definition) is 2. The first-order chi connectivity index (χ1) is 11.5. The molecule has 0 aromatic heterocycles. The average Bonchev–Trinajstić information content (AvgIpc) is 2.52. The van der Waals surface area contributed by atoms with Gasteiger partial charge in [-0.15, -0.1) is 4.83 Å². The van der Waals surface area contributed by atoms with Crippen LogP contribution in [0.5, 0.6) is 0 Å².